The number of methoxy groups -OCH3 is 1. The zero-order chi connectivity index (χ0) is 21.9. The van der Waals surface area contributed by atoms with Crippen molar-refractivity contribution in [3.05, 3.63) is 66.1 Å². The third kappa shape index (κ3) is 7.23. The molecule has 0 bridgehead atoms. The molecule has 0 amide bonds. The van der Waals surface area contributed by atoms with Crippen LogP contribution in [0.3, 0.4) is 0 Å². The molecule has 0 spiro atoms. The van der Waals surface area contributed by atoms with E-state index in [1.54, 1.807) is 7.11 Å². The quantitative estimate of drug-likeness (QED) is 0.356. The van der Waals surface area contributed by atoms with E-state index in [1.807, 2.05) is 42.5 Å². The summed E-state index contributed by atoms with van der Waals surface area (Å²) in [5, 5.41) is 14.4. The number of nitrogens with zero attached hydrogens (tertiary/aromatic N) is 3. The van der Waals surface area contributed by atoms with Crippen LogP contribution in [0.2, 0.25) is 0 Å². The Morgan fingerprint density at radius 3 is 2.81 bits per heavy atom. The molecule has 7 nitrogen and oxygen atoms in total. The summed E-state index contributed by atoms with van der Waals surface area (Å²) in [6, 6.07) is 17.6. The van der Waals surface area contributed by atoms with Crippen LogP contribution in [0.15, 0.2) is 59.1 Å². The largest absolute Gasteiger partial charge is 0.497 e. The van der Waals surface area contributed by atoms with Gasteiger partial charge in [-0.05, 0) is 17.7 Å². The summed E-state index contributed by atoms with van der Waals surface area (Å²) in [7, 11) is 1.62. The molecule has 0 aliphatic heterocycles. The third-order valence-corrected chi connectivity index (χ3v) is 4.65. The number of aromatic nitrogens is 2. The molecular formula is C24H27N3O4. The van der Waals surface area contributed by atoms with Crippen molar-refractivity contribution in [2.75, 3.05) is 33.4 Å². The van der Waals surface area contributed by atoms with Crippen molar-refractivity contribution in [2.45, 2.75) is 19.1 Å². The molecule has 0 aliphatic carbocycles. The summed E-state index contributed by atoms with van der Waals surface area (Å²) >= 11 is 0. The highest BCUT2D eigenvalue weighted by molar-refractivity contribution is 5.56. The van der Waals surface area contributed by atoms with E-state index in [1.165, 1.54) is 0 Å². The van der Waals surface area contributed by atoms with Gasteiger partial charge >= 0.3 is 0 Å². The number of aliphatic hydroxyl groups excluding tert-OH is 1. The number of terminal acetylenes is 1. The summed E-state index contributed by atoms with van der Waals surface area (Å²) < 4.78 is 16.0. The van der Waals surface area contributed by atoms with Crippen LogP contribution in [0.5, 0.6) is 5.75 Å². The molecule has 1 aromatic heterocycles. The Labute approximate surface area is 182 Å². The normalized spacial score (nSPS) is 11.9. The number of aliphatic hydroxyl groups is 1. The van der Waals surface area contributed by atoms with Gasteiger partial charge in [0.05, 0.1) is 19.8 Å². The Balaban J connectivity index is 1.62. The number of hydrogen-bond acceptors (Lipinski definition) is 7. The van der Waals surface area contributed by atoms with Crippen LogP contribution < -0.4 is 4.74 Å². The molecule has 0 saturated carbocycles. The maximum atomic E-state index is 10.3. The molecule has 0 saturated heterocycles. The fourth-order valence-electron chi connectivity index (χ4n) is 3.17. The summed E-state index contributed by atoms with van der Waals surface area (Å²) in [6.45, 7) is 2.14. The first kappa shape index (κ1) is 22.5. The molecule has 3 rings (SSSR count). The second-order valence-corrected chi connectivity index (χ2v) is 7.09. The average molecular weight is 421 g/mol. The van der Waals surface area contributed by atoms with Gasteiger partial charge in [0.1, 0.15) is 12.4 Å². The van der Waals surface area contributed by atoms with Crippen LogP contribution in [0.4, 0.5) is 0 Å². The smallest absolute Gasteiger partial charge is 0.228 e. The zero-order valence-electron chi connectivity index (χ0n) is 17.6. The molecule has 0 aliphatic rings. The summed E-state index contributed by atoms with van der Waals surface area (Å²) in [5.41, 5.74) is 1.98. The second kappa shape index (κ2) is 11.9. The molecule has 1 unspecified atom stereocenters. The molecule has 1 atom stereocenters. The Kier molecular flexibility index (Phi) is 8.61. The van der Waals surface area contributed by atoms with Gasteiger partial charge in [-0.15, -0.1) is 6.42 Å². The number of ether oxygens (including phenoxy) is 2. The fraction of sp³-hybridized carbons (Fsp3) is 0.333. The molecule has 1 N–H and O–H groups in total. The van der Waals surface area contributed by atoms with Crippen LogP contribution in [-0.2, 0) is 17.7 Å². The fourth-order valence-corrected chi connectivity index (χ4v) is 3.17. The first-order valence-corrected chi connectivity index (χ1v) is 10.1. The Morgan fingerprint density at radius 1 is 1.19 bits per heavy atom. The Hall–Kier alpha value is -3.18. The summed E-state index contributed by atoms with van der Waals surface area (Å²) in [4.78, 5) is 6.64. The van der Waals surface area contributed by atoms with Crippen molar-refractivity contribution in [1.29, 1.82) is 0 Å². The molecule has 3 aromatic rings. The van der Waals surface area contributed by atoms with Gasteiger partial charge in [0, 0.05) is 31.6 Å². The monoisotopic (exact) mass is 421 g/mol. The van der Waals surface area contributed by atoms with E-state index in [0.717, 1.165) is 16.9 Å². The minimum Gasteiger partial charge on any atom is -0.497 e. The van der Waals surface area contributed by atoms with Gasteiger partial charge in [-0.25, -0.2) is 0 Å². The van der Waals surface area contributed by atoms with Gasteiger partial charge in [0.15, 0.2) is 0 Å². The van der Waals surface area contributed by atoms with Gasteiger partial charge in [-0.3, -0.25) is 4.90 Å². The van der Waals surface area contributed by atoms with E-state index in [0.29, 0.717) is 37.8 Å². The van der Waals surface area contributed by atoms with Crippen molar-refractivity contribution in [3.63, 3.8) is 0 Å². The molecule has 31 heavy (non-hydrogen) atoms. The number of benzene rings is 2. The molecule has 2 aromatic carbocycles. The minimum absolute atomic E-state index is 0.185. The van der Waals surface area contributed by atoms with Crippen LogP contribution in [0.25, 0.3) is 11.4 Å². The van der Waals surface area contributed by atoms with E-state index < -0.39 is 6.10 Å². The maximum Gasteiger partial charge on any atom is 0.228 e. The van der Waals surface area contributed by atoms with E-state index >= 15 is 0 Å². The highest BCUT2D eigenvalue weighted by Gasteiger charge is 2.15. The number of hydrogen-bond donors (Lipinski definition) is 1. The lowest BCUT2D eigenvalue weighted by Crippen LogP contribution is -2.36. The van der Waals surface area contributed by atoms with Crippen LogP contribution in [0, 0.1) is 12.3 Å². The first-order valence-electron chi connectivity index (χ1n) is 10.1. The van der Waals surface area contributed by atoms with Crippen molar-refractivity contribution in [3.8, 4) is 29.5 Å². The van der Waals surface area contributed by atoms with E-state index in [9.17, 15) is 5.11 Å². The van der Waals surface area contributed by atoms with Crippen molar-refractivity contribution < 1.29 is 19.1 Å². The topological polar surface area (TPSA) is 80.9 Å². The predicted octanol–water partition coefficient (Wildman–Crippen LogP) is 2.80. The van der Waals surface area contributed by atoms with Crippen molar-refractivity contribution in [1.82, 2.24) is 15.0 Å². The lowest BCUT2D eigenvalue weighted by molar-refractivity contribution is 0.0259. The molecule has 7 heteroatoms. The predicted molar refractivity (Wildman–Crippen MR) is 117 cm³/mol. The van der Waals surface area contributed by atoms with Crippen LogP contribution in [-0.4, -0.2) is 59.7 Å². The number of rotatable bonds is 12. The van der Waals surface area contributed by atoms with Gasteiger partial charge in [0.2, 0.25) is 11.7 Å². The highest BCUT2D eigenvalue weighted by atomic mass is 16.5. The van der Waals surface area contributed by atoms with Gasteiger partial charge < -0.3 is 19.1 Å². The van der Waals surface area contributed by atoms with Gasteiger partial charge in [-0.1, -0.05) is 53.5 Å². The van der Waals surface area contributed by atoms with Crippen molar-refractivity contribution in [2.24, 2.45) is 0 Å². The minimum atomic E-state index is -0.646. The van der Waals surface area contributed by atoms with E-state index in [2.05, 4.69) is 33.1 Å². The maximum absolute atomic E-state index is 10.3. The lowest BCUT2D eigenvalue weighted by atomic mass is 10.2. The third-order valence-electron chi connectivity index (χ3n) is 4.65. The summed E-state index contributed by atoms with van der Waals surface area (Å²) in [6.07, 6.45) is 5.10. The zero-order valence-corrected chi connectivity index (χ0v) is 17.6. The molecule has 162 valence electrons. The Morgan fingerprint density at radius 2 is 2.03 bits per heavy atom. The average Bonchev–Trinajstić information content (AvgIpc) is 3.27. The Bertz CT molecular complexity index is 968. The first-order chi connectivity index (χ1) is 15.2. The van der Waals surface area contributed by atoms with Crippen molar-refractivity contribution >= 4 is 0 Å². The lowest BCUT2D eigenvalue weighted by Gasteiger charge is -2.24. The van der Waals surface area contributed by atoms with Gasteiger partial charge in [0.25, 0.3) is 0 Å². The van der Waals surface area contributed by atoms with E-state index in [-0.39, 0.29) is 13.2 Å². The summed E-state index contributed by atoms with van der Waals surface area (Å²) in [5.74, 6) is 4.19. The van der Waals surface area contributed by atoms with Crippen LogP contribution in [0.1, 0.15) is 11.5 Å². The second-order valence-electron chi connectivity index (χ2n) is 7.09. The highest BCUT2D eigenvalue weighted by Crippen LogP contribution is 2.21. The standard InChI is InChI=1S/C24H27N3O4/c1-3-14-30-18-21(28)17-27(16-19-8-5-4-6-9-19)13-12-23-25-24(26-31-23)20-10-7-11-22(15-20)29-2/h1,4-11,15,21,28H,12-14,16-18H2,2H3. The van der Waals surface area contributed by atoms with E-state index in [4.69, 9.17) is 20.4 Å². The van der Waals surface area contributed by atoms with Crippen LogP contribution >= 0.6 is 0 Å². The molecule has 0 fully saturated rings. The molecule has 1 heterocycles. The SMILES string of the molecule is C#CCOCC(O)CN(CCc1nc(-c2cccc(OC)c2)no1)Cc1ccccc1. The molecular weight excluding hydrogens is 394 g/mol. The van der Waals surface area contributed by atoms with Gasteiger partial charge in [-0.2, -0.15) is 4.98 Å². The molecule has 0 radical (unpaired) electrons.